The fraction of sp³-hybridized carbons (Fsp3) is 0.720. The zero-order valence-corrected chi connectivity index (χ0v) is 18.1. The van der Waals surface area contributed by atoms with Crippen LogP contribution in [0, 0.1) is 0 Å². The van der Waals surface area contributed by atoms with Crippen molar-refractivity contribution >= 4 is 5.97 Å². The minimum Gasteiger partial charge on any atom is -0.466 e. The summed E-state index contributed by atoms with van der Waals surface area (Å²) in [5.41, 5.74) is 0. The maximum atomic E-state index is 11.6. The van der Waals surface area contributed by atoms with Crippen molar-refractivity contribution in [1.29, 1.82) is 0 Å². The summed E-state index contributed by atoms with van der Waals surface area (Å²) >= 11 is 0. The van der Waals surface area contributed by atoms with Crippen LogP contribution in [0.5, 0.6) is 0 Å². The van der Waals surface area contributed by atoms with Gasteiger partial charge in [-0.2, -0.15) is 0 Å². The van der Waals surface area contributed by atoms with Crippen LogP contribution >= 0.6 is 0 Å². The minimum atomic E-state index is -0.00772. The molecule has 0 unspecified atom stereocenters. The predicted molar refractivity (Wildman–Crippen MR) is 119 cm³/mol. The molecule has 0 bridgehead atoms. The lowest BCUT2D eigenvalue weighted by molar-refractivity contribution is -0.143. The highest BCUT2D eigenvalue weighted by molar-refractivity contribution is 5.69. The fourth-order valence-electron chi connectivity index (χ4n) is 2.85. The first-order valence-corrected chi connectivity index (χ1v) is 11.4. The van der Waals surface area contributed by atoms with Crippen LogP contribution in [-0.2, 0) is 9.53 Å². The summed E-state index contributed by atoms with van der Waals surface area (Å²) in [4.78, 5) is 11.6. The van der Waals surface area contributed by atoms with Gasteiger partial charge in [0.1, 0.15) is 0 Å². The lowest BCUT2D eigenvalue weighted by Crippen LogP contribution is -2.05. The SMILES string of the molecule is CCC=CCC=CCC=CCCCCCCCC(=O)OCCCCCCC. The van der Waals surface area contributed by atoms with Crippen LogP contribution in [0.2, 0.25) is 0 Å². The molecule has 156 valence electrons. The molecule has 0 heterocycles. The maximum absolute atomic E-state index is 11.6. The van der Waals surface area contributed by atoms with E-state index in [-0.39, 0.29) is 5.97 Å². The molecule has 0 spiro atoms. The van der Waals surface area contributed by atoms with E-state index in [2.05, 4.69) is 50.3 Å². The molecule has 0 atom stereocenters. The Bertz CT molecular complexity index is 393. The molecular weight excluding hydrogens is 332 g/mol. The van der Waals surface area contributed by atoms with Crippen molar-refractivity contribution in [3.63, 3.8) is 0 Å². The van der Waals surface area contributed by atoms with Gasteiger partial charge in [-0.05, 0) is 44.9 Å². The summed E-state index contributed by atoms with van der Waals surface area (Å²) in [7, 11) is 0. The summed E-state index contributed by atoms with van der Waals surface area (Å²) < 4.78 is 5.28. The molecule has 0 aliphatic rings. The van der Waals surface area contributed by atoms with Crippen molar-refractivity contribution in [3.8, 4) is 0 Å². The molecule has 0 fully saturated rings. The van der Waals surface area contributed by atoms with Gasteiger partial charge in [-0.15, -0.1) is 0 Å². The van der Waals surface area contributed by atoms with E-state index in [4.69, 9.17) is 4.74 Å². The van der Waals surface area contributed by atoms with E-state index >= 15 is 0 Å². The van der Waals surface area contributed by atoms with Crippen LogP contribution in [0.1, 0.15) is 110 Å². The van der Waals surface area contributed by atoms with Gasteiger partial charge >= 0.3 is 5.97 Å². The summed E-state index contributed by atoms with van der Waals surface area (Å²) in [6, 6.07) is 0. The monoisotopic (exact) mass is 376 g/mol. The van der Waals surface area contributed by atoms with E-state index in [9.17, 15) is 4.79 Å². The minimum absolute atomic E-state index is 0.00772. The second kappa shape index (κ2) is 22.7. The van der Waals surface area contributed by atoms with Gasteiger partial charge in [0.05, 0.1) is 6.61 Å². The van der Waals surface area contributed by atoms with Gasteiger partial charge in [-0.3, -0.25) is 4.79 Å². The Balaban J connectivity index is 3.28. The van der Waals surface area contributed by atoms with Crippen molar-refractivity contribution in [1.82, 2.24) is 0 Å². The van der Waals surface area contributed by atoms with Gasteiger partial charge in [0.25, 0.3) is 0 Å². The zero-order chi connectivity index (χ0) is 19.8. The molecular formula is C25H44O2. The van der Waals surface area contributed by atoms with Gasteiger partial charge < -0.3 is 4.74 Å². The van der Waals surface area contributed by atoms with E-state index in [1.807, 2.05) is 0 Å². The van der Waals surface area contributed by atoms with Crippen molar-refractivity contribution in [3.05, 3.63) is 36.5 Å². The molecule has 0 aromatic carbocycles. The van der Waals surface area contributed by atoms with Crippen LogP contribution in [-0.4, -0.2) is 12.6 Å². The Kier molecular flexibility index (Phi) is 21.6. The van der Waals surface area contributed by atoms with Crippen molar-refractivity contribution in [2.75, 3.05) is 6.61 Å². The van der Waals surface area contributed by atoms with Crippen LogP contribution < -0.4 is 0 Å². The molecule has 0 N–H and O–H groups in total. The van der Waals surface area contributed by atoms with Gasteiger partial charge in [0, 0.05) is 6.42 Å². The van der Waals surface area contributed by atoms with Crippen LogP contribution in [0.15, 0.2) is 36.5 Å². The average Bonchev–Trinajstić information content (AvgIpc) is 2.67. The fourth-order valence-corrected chi connectivity index (χ4v) is 2.85. The first-order valence-electron chi connectivity index (χ1n) is 11.4. The Labute approximate surface area is 169 Å². The maximum Gasteiger partial charge on any atom is 0.305 e. The van der Waals surface area contributed by atoms with Crippen molar-refractivity contribution in [2.45, 2.75) is 110 Å². The first-order chi connectivity index (χ1) is 13.3. The predicted octanol–water partition coefficient (Wildman–Crippen LogP) is 8.09. The van der Waals surface area contributed by atoms with Crippen LogP contribution in [0.3, 0.4) is 0 Å². The molecule has 0 aromatic rings. The Morgan fingerprint density at radius 3 is 2.00 bits per heavy atom. The lowest BCUT2D eigenvalue weighted by Gasteiger charge is -2.05. The lowest BCUT2D eigenvalue weighted by atomic mass is 10.1. The van der Waals surface area contributed by atoms with Gasteiger partial charge in [0.2, 0.25) is 0 Å². The number of hydrogen-bond donors (Lipinski definition) is 0. The third-order valence-electron chi connectivity index (χ3n) is 4.54. The highest BCUT2D eigenvalue weighted by Crippen LogP contribution is 2.09. The van der Waals surface area contributed by atoms with Gasteiger partial charge in [-0.1, -0.05) is 95.2 Å². The topological polar surface area (TPSA) is 26.3 Å². The third kappa shape index (κ3) is 22.6. The molecule has 2 heteroatoms. The number of unbranched alkanes of at least 4 members (excludes halogenated alkanes) is 9. The summed E-state index contributed by atoms with van der Waals surface area (Å²) in [6.45, 7) is 4.98. The second-order valence-electron chi connectivity index (χ2n) is 7.23. The second-order valence-corrected chi connectivity index (χ2v) is 7.23. The molecule has 27 heavy (non-hydrogen) atoms. The third-order valence-corrected chi connectivity index (χ3v) is 4.54. The van der Waals surface area contributed by atoms with E-state index in [1.165, 1.54) is 51.4 Å². The summed E-state index contributed by atoms with van der Waals surface area (Å²) in [5, 5.41) is 0. The number of carbonyl (C=O) groups excluding carboxylic acids is 1. The molecule has 2 nitrogen and oxygen atoms in total. The van der Waals surface area contributed by atoms with Crippen LogP contribution in [0.25, 0.3) is 0 Å². The average molecular weight is 377 g/mol. The number of carbonyl (C=O) groups is 1. The Morgan fingerprint density at radius 2 is 1.26 bits per heavy atom. The highest BCUT2D eigenvalue weighted by atomic mass is 16.5. The number of hydrogen-bond acceptors (Lipinski definition) is 2. The summed E-state index contributed by atoms with van der Waals surface area (Å²) in [5.74, 6) is -0.00772. The molecule has 0 radical (unpaired) electrons. The molecule has 0 rings (SSSR count). The molecule has 0 saturated carbocycles. The van der Waals surface area contributed by atoms with Crippen molar-refractivity contribution in [2.24, 2.45) is 0 Å². The number of esters is 1. The largest absolute Gasteiger partial charge is 0.466 e. The zero-order valence-electron chi connectivity index (χ0n) is 18.1. The normalized spacial score (nSPS) is 11.9. The summed E-state index contributed by atoms with van der Waals surface area (Å²) in [6.07, 6.45) is 30.3. The van der Waals surface area contributed by atoms with Gasteiger partial charge in [0.15, 0.2) is 0 Å². The van der Waals surface area contributed by atoms with Gasteiger partial charge in [-0.25, -0.2) is 0 Å². The van der Waals surface area contributed by atoms with Crippen molar-refractivity contribution < 1.29 is 9.53 Å². The highest BCUT2D eigenvalue weighted by Gasteiger charge is 2.02. The van der Waals surface area contributed by atoms with E-state index in [0.717, 1.165) is 38.5 Å². The molecule has 0 aliphatic heterocycles. The molecule has 0 saturated heterocycles. The van der Waals surface area contributed by atoms with E-state index < -0.39 is 0 Å². The van der Waals surface area contributed by atoms with Crippen LogP contribution in [0.4, 0.5) is 0 Å². The standard InChI is InChI=1S/C25H44O2/c1-3-5-7-9-10-11-12-13-14-15-16-17-18-19-21-23-25(26)27-24-22-20-8-6-4-2/h5,7,10-11,13-14H,3-4,6,8-9,12,15-24H2,1-2H3. The number of rotatable bonds is 19. The number of allylic oxidation sites excluding steroid dienone is 6. The molecule has 0 amide bonds. The molecule has 0 aromatic heterocycles. The Morgan fingerprint density at radius 1 is 0.667 bits per heavy atom. The van der Waals surface area contributed by atoms with E-state index in [0.29, 0.717) is 13.0 Å². The smallest absolute Gasteiger partial charge is 0.305 e. The molecule has 0 aliphatic carbocycles. The number of ether oxygens (including phenoxy) is 1. The first kappa shape index (κ1) is 25.7. The quantitative estimate of drug-likeness (QED) is 0.129. The van der Waals surface area contributed by atoms with E-state index in [1.54, 1.807) is 0 Å². The Hall–Kier alpha value is -1.31.